The molecule has 0 aliphatic carbocycles. The topological polar surface area (TPSA) is 170 Å². The second-order valence-electron chi connectivity index (χ2n) is 4.20. The maximum absolute atomic E-state index is 8.96. The first-order valence-electron chi connectivity index (χ1n) is 5.90. The maximum atomic E-state index is 8.96. The summed E-state index contributed by atoms with van der Waals surface area (Å²) in [5, 5.41) is 2.83. The van der Waals surface area contributed by atoms with Gasteiger partial charge in [-0.3, -0.25) is 5.84 Å². The highest BCUT2D eigenvalue weighted by atomic mass is 28.4. The van der Waals surface area contributed by atoms with Crippen molar-refractivity contribution in [2.75, 3.05) is 6.54 Å². The summed E-state index contributed by atoms with van der Waals surface area (Å²) in [5.74, 6) is 5.95. The van der Waals surface area contributed by atoms with Gasteiger partial charge in [0.2, 0.25) is 11.9 Å². The predicted molar refractivity (Wildman–Crippen MR) is 71.9 cm³/mol. The van der Waals surface area contributed by atoms with Gasteiger partial charge in [-0.1, -0.05) is 0 Å². The number of nitrogens with zero attached hydrogens (tertiary/aromatic N) is 4. The molecule has 0 aromatic heterocycles. The van der Waals surface area contributed by atoms with E-state index in [0.29, 0.717) is 19.4 Å². The molecule has 0 saturated heterocycles. The molecule has 19 heavy (non-hydrogen) atoms. The highest BCUT2D eigenvalue weighted by molar-refractivity contribution is 6.56. The molecule has 0 spiro atoms. The Hall–Kier alpha value is -1.24. The molecule has 1 rings (SSSR count). The van der Waals surface area contributed by atoms with Gasteiger partial charge in [0.25, 0.3) is 0 Å². The fourth-order valence-corrected chi connectivity index (χ4v) is 2.40. The van der Waals surface area contributed by atoms with E-state index in [1.807, 2.05) is 6.92 Å². The van der Waals surface area contributed by atoms with Crippen molar-refractivity contribution in [2.24, 2.45) is 27.3 Å². The smallest absolute Gasteiger partial charge is 0.390 e. The lowest BCUT2D eigenvalue weighted by molar-refractivity contribution is 0.00746. The van der Waals surface area contributed by atoms with Gasteiger partial charge in [-0.25, -0.2) is 10.0 Å². The normalized spacial score (nSPS) is 20.5. The summed E-state index contributed by atoms with van der Waals surface area (Å²) < 4.78 is 0. The van der Waals surface area contributed by atoms with E-state index >= 15 is 0 Å². The Morgan fingerprint density at radius 1 is 1.37 bits per heavy atom. The maximum Gasteiger partial charge on any atom is 0.492 e. The minimum Gasteiger partial charge on any atom is -0.390 e. The van der Waals surface area contributed by atoms with E-state index in [0.717, 1.165) is 0 Å². The van der Waals surface area contributed by atoms with E-state index in [4.69, 9.17) is 31.7 Å². The molecule has 1 unspecified atom stereocenters. The van der Waals surface area contributed by atoms with Crippen molar-refractivity contribution in [3.05, 3.63) is 0 Å². The molecule has 10 nitrogen and oxygen atoms in total. The van der Waals surface area contributed by atoms with Crippen LogP contribution in [0.4, 0.5) is 0 Å². The predicted octanol–water partition coefficient (Wildman–Crippen LogP) is -2.94. The number of rotatable bonds is 6. The zero-order valence-corrected chi connectivity index (χ0v) is 11.8. The lowest BCUT2D eigenvalue weighted by Gasteiger charge is -2.37. The van der Waals surface area contributed by atoms with Gasteiger partial charge in [-0.2, -0.15) is 10.1 Å². The Balaban J connectivity index is 2.69. The first kappa shape index (κ1) is 15.8. The van der Waals surface area contributed by atoms with Gasteiger partial charge in [0.1, 0.15) is 6.17 Å². The van der Waals surface area contributed by atoms with Crippen molar-refractivity contribution in [1.82, 2.24) is 10.1 Å². The summed E-state index contributed by atoms with van der Waals surface area (Å²) in [5.41, 5.74) is 11.3. The van der Waals surface area contributed by atoms with E-state index < -0.39 is 15.0 Å². The molecule has 0 radical (unpaired) electrons. The largest absolute Gasteiger partial charge is 0.492 e. The van der Waals surface area contributed by atoms with Crippen molar-refractivity contribution in [2.45, 2.75) is 32.0 Å². The standard InChI is InChI=1S/C8H21N7O3Si/c1-2-14(11)15-6(4-3-5-19(16,17)18)12-7(9)13-8(15)10/h6,16-18H,2-5,11H2,1H3,(H4,9,10,12,13). The van der Waals surface area contributed by atoms with Crippen LogP contribution in [0.15, 0.2) is 9.98 Å². The molecule has 1 aliphatic rings. The van der Waals surface area contributed by atoms with Crippen molar-refractivity contribution >= 4 is 20.7 Å². The van der Waals surface area contributed by atoms with Crippen LogP contribution < -0.4 is 17.3 Å². The number of hydrazine groups is 2. The third-order valence-electron chi connectivity index (χ3n) is 2.60. The first-order chi connectivity index (χ1) is 8.74. The second kappa shape index (κ2) is 6.27. The lowest BCUT2D eigenvalue weighted by Crippen LogP contribution is -2.59. The SMILES string of the molecule is CCN(N)N1C(N)=NC(N)=NC1CCC[Si](O)(O)O. The molecule has 110 valence electrons. The van der Waals surface area contributed by atoms with Gasteiger partial charge < -0.3 is 25.9 Å². The van der Waals surface area contributed by atoms with Gasteiger partial charge in [0.15, 0.2) is 0 Å². The Morgan fingerprint density at radius 2 is 2.00 bits per heavy atom. The van der Waals surface area contributed by atoms with Crippen LogP contribution in [0.3, 0.4) is 0 Å². The average molecular weight is 291 g/mol. The van der Waals surface area contributed by atoms with Crippen LogP contribution in [0.1, 0.15) is 19.8 Å². The molecule has 0 aromatic carbocycles. The molecule has 1 heterocycles. The summed E-state index contributed by atoms with van der Waals surface area (Å²) >= 11 is 0. The fourth-order valence-electron chi connectivity index (χ4n) is 1.72. The molecule has 1 aliphatic heterocycles. The molecule has 0 aromatic rings. The number of nitrogens with two attached hydrogens (primary N) is 3. The van der Waals surface area contributed by atoms with Crippen LogP contribution in [-0.4, -0.2) is 57.9 Å². The minimum absolute atomic E-state index is 0.0451. The van der Waals surface area contributed by atoms with Gasteiger partial charge in [0.05, 0.1) is 0 Å². The quantitative estimate of drug-likeness (QED) is 0.171. The van der Waals surface area contributed by atoms with Crippen LogP contribution in [0, 0.1) is 0 Å². The van der Waals surface area contributed by atoms with Crippen molar-refractivity contribution in [3.8, 4) is 0 Å². The lowest BCUT2D eigenvalue weighted by atomic mass is 10.2. The van der Waals surface area contributed by atoms with E-state index in [1.165, 1.54) is 10.1 Å². The van der Waals surface area contributed by atoms with Gasteiger partial charge in [-0.15, -0.1) is 0 Å². The second-order valence-corrected chi connectivity index (χ2v) is 6.25. The number of hydrogen-bond acceptors (Lipinski definition) is 10. The first-order valence-corrected chi connectivity index (χ1v) is 7.95. The highest BCUT2D eigenvalue weighted by Crippen LogP contribution is 2.16. The molecular formula is C8H21N7O3Si. The van der Waals surface area contributed by atoms with E-state index in [-0.39, 0.29) is 18.0 Å². The molecular weight excluding hydrogens is 270 g/mol. The van der Waals surface area contributed by atoms with Crippen molar-refractivity contribution in [1.29, 1.82) is 0 Å². The van der Waals surface area contributed by atoms with E-state index in [2.05, 4.69) is 9.98 Å². The van der Waals surface area contributed by atoms with Crippen molar-refractivity contribution < 1.29 is 14.4 Å². The minimum atomic E-state index is -4.04. The Morgan fingerprint density at radius 3 is 2.53 bits per heavy atom. The zero-order valence-electron chi connectivity index (χ0n) is 10.8. The molecule has 11 heteroatoms. The van der Waals surface area contributed by atoms with Crippen LogP contribution in [0.5, 0.6) is 0 Å². The molecule has 0 fully saturated rings. The van der Waals surface area contributed by atoms with Crippen LogP contribution in [-0.2, 0) is 0 Å². The van der Waals surface area contributed by atoms with Crippen LogP contribution >= 0.6 is 0 Å². The molecule has 1 atom stereocenters. The highest BCUT2D eigenvalue weighted by Gasteiger charge is 2.30. The monoisotopic (exact) mass is 291 g/mol. The zero-order chi connectivity index (χ0) is 14.6. The summed E-state index contributed by atoms with van der Waals surface area (Å²) in [6.45, 7) is 2.32. The van der Waals surface area contributed by atoms with Crippen molar-refractivity contribution in [3.63, 3.8) is 0 Å². The van der Waals surface area contributed by atoms with Gasteiger partial charge in [-0.05, 0) is 19.8 Å². The summed E-state index contributed by atoms with van der Waals surface area (Å²) in [4.78, 5) is 34.8. The molecule has 0 bridgehead atoms. The van der Waals surface area contributed by atoms with Crippen LogP contribution in [0.2, 0.25) is 6.04 Å². The molecule has 9 N–H and O–H groups in total. The van der Waals surface area contributed by atoms with Gasteiger partial charge in [0, 0.05) is 12.6 Å². The van der Waals surface area contributed by atoms with E-state index in [9.17, 15) is 0 Å². The molecule has 0 amide bonds. The Bertz CT molecular complexity index is 370. The summed E-state index contributed by atoms with van der Waals surface area (Å²) in [6.07, 6.45) is 0.276. The average Bonchev–Trinajstić information content (AvgIpc) is 2.25. The van der Waals surface area contributed by atoms with Gasteiger partial charge >= 0.3 is 8.80 Å². The number of aliphatic imine (C=N–C) groups is 2. The Kier molecular flexibility index (Phi) is 5.22. The summed E-state index contributed by atoms with van der Waals surface area (Å²) in [7, 11) is -4.04. The Labute approximate surface area is 112 Å². The summed E-state index contributed by atoms with van der Waals surface area (Å²) in [6, 6.07) is -0.0828. The number of guanidine groups is 2. The fraction of sp³-hybridized carbons (Fsp3) is 0.750. The van der Waals surface area contributed by atoms with E-state index in [1.54, 1.807) is 0 Å². The number of hydrogen-bond donors (Lipinski definition) is 6. The van der Waals surface area contributed by atoms with Crippen LogP contribution in [0.25, 0.3) is 0 Å². The third-order valence-corrected chi connectivity index (χ3v) is 3.63. The molecule has 0 saturated carbocycles. The third kappa shape index (κ3) is 4.74.